The van der Waals surface area contributed by atoms with Gasteiger partial charge in [-0.05, 0) is 36.6 Å². The number of furan rings is 1. The molecular formula is C18H19N3O2. The van der Waals surface area contributed by atoms with Crippen molar-refractivity contribution in [3.8, 4) is 11.5 Å². The molecule has 5 heteroatoms. The number of carbonyl (C=O) groups is 1. The van der Waals surface area contributed by atoms with Gasteiger partial charge >= 0.3 is 0 Å². The molecule has 1 amide bonds. The Bertz CT molecular complexity index is 830. The van der Waals surface area contributed by atoms with Crippen LogP contribution in [0.25, 0.3) is 11.5 Å². The highest BCUT2D eigenvalue weighted by atomic mass is 16.3. The molecule has 23 heavy (non-hydrogen) atoms. The van der Waals surface area contributed by atoms with Crippen LogP contribution in [0.3, 0.4) is 0 Å². The van der Waals surface area contributed by atoms with Gasteiger partial charge in [-0.15, -0.1) is 0 Å². The normalized spacial score (nSPS) is 11.0. The topological polar surface area (TPSA) is 70.9 Å². The van der Waals surface area contributed by atoms with E-state index in [1.807, 2.05) is 43.3 Å². The molecule has 2 heterocycles. The smallest absolute Gasteiger partial charge is 0.276 e. The number of hydrogen-bond acceptors (Lipinski definition) is 3. The molecule has 5 nitrogen and oxygen atoms in total. The van der Waals surface area contributed by atoms with Gasteiger partial charge in [-0.3, -0.25) is 9.89 Å². The van der Waals surface area contributed by atoms with E-state index in [1.54, 1.807) is 6.07 Å². The fourth-order valence-electron chi connectivity index (χ4n) is 2.44. The van der Waals surface area contributed by atoms with Gasteiger partial charge in [0.1, 0.15) is 11.5 Å². The van der Waals surface area contributed by atoms with Crippen molar-refractivity contribution in [3.05, 3.63) is 59.5 Å². The van der Waals surface area contributed by atoms with Gasteiger partial charge in [-0.2, -0.15) is 5.10 Å². The zero-order valence-corrected chi connectivity index (χ0v) is 13.4. The molecule has 0 saturated heterocycles. The van der Waals surface area contributed by atoms with Gasteiger partial charge in [0.2, 0.25) is 0 Å². The van der Waals surface area contributed by atoms with Crippen molar-refractivity contribution in [1.29, 1.82) is 0 Å². The number of hydrogen-bond donors (Lipinski definition) is 2. The summed E-state index contributed by atoms with van der Waals surface area (Å²) in [4.78, 5) is 12.4. The summed E-state index contributed by atoms with van der Waals surface area (Å²) >= 11 is 0. The predicted molar refractivity (Wildman–Crippen MR) is 89.5 cm³/mol. The van der Waals surface area contributed by atoms with Gasteiger partial charge in [-0.25, -0.2) is 0 Å². The monoisotopic (exact) mass is 309 g/mol. The van der Waals surface area contributed by atoms with Crippen molar-refractivity contribution in [2.24, 2.45) is 0 Å². The van der Waals surface area contributed by atoms with E-state index in [9.17, 15) is 4.79 Å². The maximum Gasteiger partial charge on any atom is 0.276 e. The van der Waals surface area contributed by atoms with E-state index in [0.29, 0.717) is 23.1 Å². The average Bonchev–Trinajstić information content (AvgIpc) is 3.16. The van der Waals surface area contributed by atoms with E-state index in [2.05, 4.69) is 29.4 Å². The fourth-order valence-corrected chi connectivity index (χ4v) is 2.44. The number of benzene rings is 1. The van der Waals surface area contributed by atoms with Crippen LogP contribution < -0.4 is 5.32 Å². The summed E-state index contributed by atoms with van der Waals surface area (Å²) in [6.07, 6.45) is 0. The SMILES string of the molecule is Cc1ccc(-c2cc(C(=O)Nc3ccccc3C(C)C)n[nH]2)o1. The molecule has 0 fully saturated rings. The van der Waals surface area contributed by atoms with Gasteiger partial charge in [0, 0.05) is 11.8 Å². The highest BCUT2D eigenvalue weighted by Gasteiger charge is 2.15. The third-order valence-corrected chi connectivity index (χ3v) is 3.65. The first-order valence-corrected chi connectivity index (χ1v) is 7.57. The molecule has 1 aromatic carbocycles. The molecule has 2 aromatic heterocycles. The van der Waals surface area contributed by atoms with Gasteiger partial charge in [0.05, 0.1) is 0 Å². The highest BCUT2D eigenvalue weighted by molar-refractivity contribution is 6.03. The van der Waals surface area contributed by atoms with E-state index in [1.165, 1.54) is 0 Å². The molecular weight excluding hydrogens is 290 g/mol. The van der Waals surface area contributed by atoms with Gasteiger partial charge in [-0.1, -0.05) is 32.0 Å². The standard InChI is InChI=1S/C18H19N3O2/c1-11(2)13-6-4-5-7-14(13)19-18(22)16-10-15(20-21-16)17-9-8-12(3)23-17/h4-11H,1-3H3,(H,19,22)(H,20,21). The van der Waals surface area contributed by atoms with Crippen molar-refractivity contribution >= 4 is 11.6 Å². The Balaban J connectivity index is 1.81. The number of aryl methyl sites for hydroxylation is 1. The van der Waals surface area contributed by atoms with Gasteiger partial charge in [0.25, 0.3) is 5.91 Å². The molecule has 0 spiro atoms. The number of aromatic amines is 1. The number of nitrogens with one attached hydrogen (secondary N) is 2. The maximum absolute atomic E-state index is 12.4. The van der Waals surface area contributed by atoms with Crippen molar-refractivity contribution < 1.29 is 9.21 Å². The first kappa shape index (κ1) is 15.1. The van der Waals surface area contributed by atoms with Crippen LogP contribution in [0.2, 0.25) is 0 Å². The number of aromatic nitrogens is 2. The third-order valence-electron chi connectivity index (χ3n) is 3.65. The summed E-state index contributed by atoms with van der Waals surface area (Å²) in [6.45, 7) is 6.06. The van der Waals surface area contributed by atoms with Crippen LogP contribution in [-0.2, 0) is 0 Å². The second kappa shape index (κ2) is 6.12. The molecule has 0 aliphatic heterocycles. The minimum absolute atomic E-state index is 0.246. The molecule has 3 rings (SSSR count). The first-order chi connectivity index (χ1) is 11.0. The first-order valence-electron chi connectivity index (χ1n) is 7.57. The largest absolute Gasteiger partial charge is 0.460 e. The van der Waals surface area contributed by atoms with E-state index in [4.69, 9.17) is 4.42 Å². The zero-order valence-electron chi connectivity index (χ0n) is 13.4. The van der Waals surface area contributed by atoms with Crippen molar-refractivity contribution in [2.75, 3.05) is 5.32 Å². The lowest BCUT2D eigenvalue weighted by Gasteiger charge is -2.12. The Morgan fingerprint density at radius 3 is 2.70 bits per heavy atom. The second-order valence-electron chi connectivity index (χ2n) is 5.77. The van der Waals surface area contributed by atoms with Crippen LogP contribution in [-0.4, -0.2) is 16.1 Å². The van der Waals surface area contributed by atoms with Crippen molar-refractivity contribution in [2.45, 2.75) is 26.7 Å². The number of nitrogens with zero attached hydrogens (tertiary/aromatic N) is 1. The Kier molecular flexibility index (Phi) is 4.02. The fraction of sp³-hybridized carbons (Fsp3) is 0.222. The quantitative estimate of drug-likeness (QED) is 0.752. The lowest BCUT2D eigenvalue weighted by Crippen LogP contribution is -2.14. The summed E-state index contributed by atoms with van der Waals surface area (Å²) in [5.74, 6) is 1.55. The van der Waals surface area contributed by atoms with E-state index in [0.717, 1.165) is 17.0 Å². The second-order valence-corrected chi connectivity index (χ2v) is 5.77. The third kappa shape index (κ3) is 3.18. The molecule has 0 unspecified atom stereocenters. The number of anilines is 1. The molecule has 0 aliphatic carbocycles. The van der Waals surface area contributed by atoms with Crippen LogP contribution in [0.1, 0.15) is 41.6 Å². The summed E-state index contributed by atoms with van der Waals surface area (Å²) in [6, 6.07) is 13.2. The number of carbonyl (C=O) groups excluding carboxylic acids is 1. The number of para-hydroxylation sites is 1. The minimum Gasteiger partial charge on any atom is -0.460 e. The number of H-pyrrole nitrogens is 1. The molecule has 2 N–H and O–H groups in total. The lowest BCUT2D eigenvalue weighted by atomic mass is 10.0. The van der Waals surface area contributed by atoms with Crippen LogP contribution in [0, 0.1) is 6.92 Å². The lowest BCUT2D eigenvalue weighted by molar-refractivity contribution is 0.102. The molecule has 0 bridgehead atoms. The zero-order chi connectivity index (χ0) is 16.4. The van der Waals surface area contributed by atoms with E-state index in [-0.39, 0.29) is 5.91 Å². The Morgan fingerprint density at radius 2 is 2.00 bits per heavy atom. The predicted octanol–water partition coefficient (Wildman–Crippen LogP) is 4.35. The number of rotatable bonds is 4. The molecule has 0 aliphatic rings. The summed E-state index contributed by atoms with van der Waals surface area (Å²) in [5.41, 5.74) is 2.91. The van der Waals surface area contributed by atoms with E-state index >= 15 is 0 Å². The molecule has 0 radical (unpaired) electrons. The molecule has 118 valence electrons. The van der Waals surface area contributed by atoms with Crippen LogP contribution in [0.15, 0.2) is 46.9 Å². The highest BCUT2D eigenvalue weighted by Crippen LogP contribution is 2.25. The summed E-state index contributed by atoms with van der Waals surface area (Å²) < 4.78 is 5.53. The van der Waals surface area contributed by atoms with Crippen molar-refractivity contribution in [1.82, 2.24) is 10.2 Å². The maximum atomic E-state index is 12.4. The van der Waals surface area contributed by atoms with Crippen LogP contribution in [0.5, 0.6) is 0 Å². The van der Waals surface area contributed by atoms with E-state index < -0.39 is 0 Å². The van der Waals surface area contributed by atoms with Crippen LogP contribution in [0.4, 0.5) is 5.69 Å². The van der Waals surface area contributed by atoms with Crippen molar-refractivity contribution in [3.63, 3.8) is 0 Å². The molecule has 0 saturated carbocycles. The van der Waals surface area contributed by atoms with Gasteiger partial charge < -0.3 is 9.73 Å². The molecule has 3 aromatic rings. The summed E-state index contributed by atoms with van der Waals surface area (Å²) in [7, 11) is 0. The summed E-state index contributed by atoms with van der Waals surface area (Å²) in [5, 5.41) is 9.84. The average molecular weight is 309 g/mol. The minimum atomic E-state index is -0.246. The van der Waals surface area contributed by atoms with Gasteiger partial charge in [0.15, 0.2) is 11.5 Å². The molecule has 0 atom stereocenters. The Morgan fingerprint density at radius 1 is 1.22 bits per heavy atom. The number of amides is 1. The van der Waals surface area contributed by atoms with Crippen LogP contribution >= 0.6 is 0 Å². The Hall–Kier alpha value is -2.82. The Labute approximate surface area is 134 Å².